The van der Waals surface area contributed by atoms with Crippen LogP contribution in [0.3, 0.4) is 0 Å². The van der Waals surface area contributed by atoms with Crippen molar-refractivity contribution in [2.24, 2.45) is 12.8 Å². The molecular weight excluding hydrogens is 398 g/mol. The van der Waals surface area contributed by atoms with Gasteiger partial charge < -0.3 is 10.5 Å². The smallest absolute Gasteiger partial charge is 0.0760 e. The number of aryl methyl sites for hydroxylation is 3. The lowest BCUT2D eigenvalue weighted by atomic mass is 9.82. The highest BCUT2D eigenvalue weighted by Gasteiger charge is 2.28. The molecular formula is C26H33N5O. The first kappa shape index (κ1) is 22.1. The maximum Gasteiger partial charge on any atom is 0.0760 e. The molecule has 1 aliphatic carbocycles. The van der Waals surface area contributed by atoms with Gasteiger partial charge >= 0.3 is 0 Å². The van der Waals surface area contributed by atoms with Crippen LogP contribution in [0.2, 0.25) is 0 Å². The van der Waals surface area contributed by atoms with Gasteiger partial charge in [0.1, 0.15) is 0 Å². The molecule has 2 aromatic heterocycles. The minimum absolute atomic E-state index is 0.744. The standard InChI is InChI=1S/C26H33N5O/c1-5-18(2)24-21(15-27)11-12-23-25(24)26(30(3)29-23)20-9-7-19(8-10-20)22-16-28-31(17-22)13-6-14-32-4/h7-10,15-17H,5-6,11-14,27H2,1-4H3/b21-15-,24-18?. The van der Waals surface area contributed by atoms with Crippen molar-refractivity contribution >= 4 is 5.57 Å². The van der Waals surface area contributed by atoms with Gasteiger partial charge in [-0.25, -0.2) is 0 Å². The van der Waals surface area contributed by atoms with E-state index in [0.717, 1.165) is 66.9 Å². The lowest BCUT2D eigenvalue weighted by Crippen LogP contribution is -2.08. The van der Waals surface area contributed by atoms with Gasteiger partial charge in [-0.1, -0.05) is 36.8 Å². The van der Waals surface area contributed by atoms with Crippen LogP contribution in [0.5, 0.6) is 0 Å². The Morgan fingerprint density at radius 3 is 2.59 bits per heavy atom. The predicted octanol–water partition coefficient (Wildman–Crippen LogP) is 4.96. The Morgan fingerprint density at radius 2 is 1.91 bits per heavy atom. The second-order valence-electron chi connectivity index (χ2n) is 8.41. The molecule has 32 heavy (non-hydrogen) atoms. The first-order chi connectivity index (χ1) is 15.6. The van der Waals surface area contributed by atoms with Crippen molar-refractivity contribution in [2.45, 2.75) is 46.1 Å². The minimum atomic E-state index is 0.744. The fourth-order valence-electron chi connectivity index (χ4n) is 4.54. The summed E-state index contributed by atoms with van der Waals surface area (Å²) in [6.07, 6.45) is 9.62. The molecule has 0 saturated heterocycles. The number of aromatic nitrogens is 4. The van der Waals surface area contributed by atoms with Crippen molar-refractivity contribution in [3.05, 3.63) is 65.3 Å². The molecule has 0 fully saturated rings. The number of benzene rings is 1. The number of methoxy groups -OCH3 is 1. The molecule has 0 spiro atoms. The third-order valence-electron chi connectivity index (χ3n) is 6.34. The summed E-state index contributed by atoms with van der Waals surface area (Å²) in [6, 6.07) is 8.72. The van der Waals surface area contributed by atoms with Crippen molar-refractivity contribution < 1.29 is 4.74 Å². The predicted molar refractivity (Wildman–Crippen MR) is 130 cm³/mol. The molecule has 6 nitrogen and oxygen atoms in total. The zero-order valence-corrected chi connectivity index (χ0v) is 19.6. The van der Waals surface area contributed by atoms with Gasteiger partial charge in [0, 0.05) is 50.2 Å². The van der Waals surface area contributed by atoms with Gasteiger partial charge in [0.2, 0.25) is 0 Å². The largest absolute Gasteiger partial charge is 0.404 e. The topological polar surface area (TPSA) is 70.9 Å². The number of nitrogens with two attached hydrogens (primary N) is 1. The monoisotopic (exact) mass is 431 g/mol. The van der Waals surface area contributed by atoms with E-state index in [1.165, 1.54) is 22.3 Å². The van der Waals surface area contributed by atoms with E-state index in [2.05, 4.69) is 49.4 Å². The zero-order chi connectivity index (χ0) is 22.7. The number of rotatable bonds is 7. The average molecular weight is 432 g/mol. The first-order valence-corrected chi connectivity index (χ1v) is 11.4. The molecule has 0 bridgehead atoms. The second kappa shape index (κ2) is 9.57. The van der Waals surface area contributed by atoms with Gasteiger partial charge in [0.15, 0.2) is 0 Å². The second-order valence-corrected chi connectivity index (χ2v) is 8.41. The van der Waals surface area contributed by atoms with E-state index in [1.54, 1.807) is 13.3 Å². The summed E-state index contributed by atoms with van der Waals surface area (Å²) < 4.78 is 9.13. The van der Waals surface area contributed by atoms with Gasteiger partial charge in [0.25, 0.3) is 0 Å². The number of allylic oxidation sites excluding steroid dienone is 3. The highest BCUT2D eigenvalue weighted by atomic mass is 16.5. The number of hydrogen-bond donors (Lipinski definition) is 1. The van der Waals surface area contributed by atoms with Crippen molar-refractivity contribution in [1.29, 1.82) is 0 Å². The molecule has 0 atom stereocenters. The normalized spacial score (nSPS) is 16.4. The third kappa shape index (κ3) is 4.15. The van der Waals surface area contributed by atoms with Gasteiger partial charge in [-0.15, -0.1) is 0 Å². The summed E-state index contributed by atoms with van der Waals surface area (Å²) in [4.78, 5) is 0. The highest BCUT2D eigenvalue weighted by Crippen LogP contribution is 2.42. The summed E-state index contributed by atoms with van der Waals surface area (Å²) in [5.41, 5.74) is 16.9. The molecule has 1 aliphatic rings. The fraction of sp³-hybridized carbons (Fsp3) is 0.385. The lowest BCUT2D eigenvalue weighted by molar-refractivity contribution is 0.189. The third-order valence-corrected chi connectivity index (χ3v) is 6.34. The Bertz CT molecular complexity index is 1150. The zero-order valence-electron chi connectivity index (χ0n) is 19.6. The van der Waals surface area contributed by atoms with Crippen molar-refractivity contribution in [3.8, 4) is 22.4 Å². The molecule has 0 aliphatic heterocycles. The highest BCUT2D eigenvalue weighted by molar-refractivity contribution is 5.91. The summed E-state index contributed by atoms with van der Waals surface area (Å²) in [5.74, 6) is 0. The van der Waals surface area contributed by atoms with Crippen LogP contribution in [-0.2, 0) is 24.8 Å². The van der Waals surface area contributed by atoms with Crippen LogP contribution >= 0.6 is 0 Å². The van der Waals surface area contributed by atoms with E-state index < -0.39 is 0 Å². The number of fused-ring (bicyclic) bond motifs is 1. The van der Waals surface area contributed by atoms with Crippen molar-refractivity contribution in [3.63, 3.8) is 0 Å². The SMILES string of the molecule is CCC(C)=C1/C(=C\N)CCc2nn(C)c(-c3ccc(-c4cnn(CCCOC)c4)cc3)c21. The van der Waals surface area contributed by atoms with Gasteiger partial charge in [-0.3, -0.25) is 9.36 Å². The molecule has 0 radical (unpaired) electrons. The van der Waals surface area contributed by atoms with E-state index in [-0.39, 0.29) is 0 Å². The van der Waals surface area contributed by atoms with Crippen LogP contribution in [0.1, 0.15) is 44.4 Å². The molecule has 0 unspecified atom stereocenters. The van der Waals surface area contributed by atoms with Crippen LogP contribution in [0.4, 0.5) is 0 Å². The summed E-state index contributed by atoms with van der Waals surface area (Å²) >= 11 is 0. The van der Waals surface area contributed by atoms with E-state index in [9.17, 15) is 0 Å². The Hall–Kier alpha value is -3.12. The molecule has 2 N–H and O–H groups in total. The van der Waals surface area contributed by atoms with Gasteiger partial charge in [-0.2, -0.15) is 10.2 Å². The van der Waals surface area contributed by atoms with Gasteiger partial charge in [-0.05, 0) is 55.5 Å². The Morgan fingerprint density at radius 1 is 1.16 bits per heavy atom. The molecule has 2 heterocycles. The Labute approximate surface area is 190 Å². The Kier molecular flexibility index (Phi) is 6.61. The summed E-state index contributed by atoms with van der Waals surface area (Å²) in [5, 5.41) is 9.36. The Balaban J connectivity index is 1.69. The lowest BCUT2D eigenvalue weighted by Gasteiger charge is -2.22. The fourth-order valence-corrected chi connectivity index (χ4v) is 4.54. The van der Waals surface area contributed by atoms with Crippen molar-refractivity contribution in [2.75, 3.05) is 13.7 Å². The number of ether oxygens (including phenoxy) is 1. The van der Waals surface area contributed by atoms with Crippen LogP contribution in [0, 0.1) is 0 Å². The maximum absolute atomic E-state index is 6.03. The van der Waals surface area contributed by atoms with E-state index in [0.29, 0.717) is 0 Å². The number of nitrogens with zero attached hydrogens (tertiary/aromatic N) is 4. The van der Waals surface area contributed by atoms with E-state index in [1.807, 2.05) is 22.6 Å². The first-order valence-electron chi connectivity index (χ1n) is 11.4. The van der Waals surface area contributed by atoms with Crippen molar-refractivity contribution in [1.82, 2.24) is 19.6 Å². The maximum atomic E-state index is 6.03. The summed E-state index contributed by atoms with van der Waals surface area (Å²) in [6.45, 7) is 6.01. The van der Waals surface area contributed by atoms with Crippen LogP contribution in [0.25, 0.3) is 28.0 Å². The van der Waals surface area contributed by atoms with Crippen LogP contribution in [-0.4, -0.2) is 33.3 Å². The van der Waals surface area contributed by atoms with Crippen LogP contribution < -0.4 is 5.73 Å². The molecule has 1 aromatic carbocycles. The van der Waals surface area contributed by atoms with E-state index in [4.69, 9.17) is 15.6 Å². The molecule has 6 heteroatoms. The quantitative estimate of drug-likeness (QED) is 0.537. The average Bonchev–Trinajstić information content (AvgIpc) is 3.42. The van der Waals surface area contributed by atoms with Crippen LogP contribution in [0.15, 0.2) is 54.0 Å². The minimum Gasteiger partial charge on any atom is -0.404 e. The summed E-state index contributed by atoms with van der Waals surface area (Å²) in [7, 11) is 3.77. The van der Waals surface area contributed by atoms with E-state index >= 15 is 0 Å². The number of hydrogen-bond acceptors (Lipinski definition) is 4. The molecule has 0 saturated carbocycles. The van der Waals surface area contributed by atoms with Gasteiger partial charge in [0.05, 0.1) is 17.6 Å². The molecule has 4 rings (SSSR count). The molecule has 3 aromatic rings. The molecule has 168 valence electrons. The molecule has 0 amide bonds.